The summed E-state index contributed by atoms with van der Waals surface area (Å²) in [6, 6.07) is 7.20. The van der Waals surface area contributed by atoms with E-state index in [2.05, 4.69) is 0 Å². The maximum Gasteiger partial charge on any atom is 0.308 e. The summed E-state index contributed by atoms with van der Waals surface area (Å²) in [5.74, 6) is -1.88. The van der Waals surface area contributed by atoms with Gasteiger partial charge in [-0.05, 0) is 18.2 Å². The third-order valence-corrected chi connectivity index (χ3v) is 3.58. The number of carbonyl (C=O) groups is 3. The Hall–Kier alpha value is -3.15. The molecule has 6 nitrogen and oxygen atoms in total. The molecule has 23 heavy (non-hydrogen) atoms. The van der Waals surface area contributed by atoms with Crippen molar-refractivity contribution < 1.29 is 29.0 Å². The van der Waals surface area contributed by atoms with E-state index in [-0.39, 0.29) is 39.5 Å². The predicted molar refractivity (Wildman–Crippen MR) is 79.3 cm³/mol. The number of aromatic hydroxyl groups is 1. The van der Waals surface area contributed by atoms with E-state index in [1.54, 1.807) is 0 Å². The van der Waals surface area contributed by atoms with Gasteiger partial charge in [-0.25, -0.2) is 0 Å². The number of phenols is 1. The molecular formula is C17H12O6. The van der Waals surface area contributed by atoms with Crippen molar-refractivity contribution in [2.24, 2.45) is 0 Å². The van der Waals surface area contributed by atoms with Crippen LogP contribution in [0.4, 0.5) is 0 Å². The first-order valence-corrected chi connectivity index (χ1v) is 6.76. The second-order valence-corrected chi connectivity index (χ2v) is 4.97. The number of phenolic OH excluding ortho intramolecular Hbond substituents is 1. The van der Waals surface area contributed by atoms with Crippen molar-refractivity contribution in [2.45, 2.75) is 6.92 Å². The number of benzene rings is 2. The lowest BCUT2D eigenvalue weighted by Crippen LogP contribution is -2.22. The van der Waals surface area contributed by atoms with E-state index < -0.39 is 17.5 Å². The molecule has 2 aromatic rings. The Labute approximate surface area is 131 Å². The second kappa shape index (κ2) is 5.24. The Balaban J connectivity index is 2.27. The van der Waals surface area contributed by atoms with Gasteiger partial charge in [0.05, 0.1) is 18.2 Å². The molecule has 1 N–H and O–H groups in total. The minimum absolute atomic E-state index is 0.0183. The summed E-state index contributed by atoms with van der Waals surface area (Å²) in [6.45, 7) is 1.21. The molecule has 0 aromatic heterocycles. The van der Waals surface area contributed by atoms with E-state index in [1.807, 2.05) is 0 Å². The lowest BCUT2D eigenvalue weighted by molar-refractivity contribution is -0.131. The molecule has 0 atom stereocenters. The van der Waals surface area contributed by atoms with Crippen molar-refractivity contribution in [3.8, 4) is 17.2 Å². The number of hydrogen-bond donors (Lipinski definition) is 1. The van der Waals surface area contributed by atoms with Crippen LogP contribution in [0.25, 0.3) is 0 Å². The zero-order valence-electron chi connectivity index (χ0n) is 12.4. The molecule has 0 amide bonds. The van der Waals surface area contributed by atoms with Gasteiger partial charge in [0.2, 0.25) is 0 Å². The predicted octanol–water partition coefficient (Wildman–Crippen LogP) is 2.10. The third-order valence-electron chi connectivity index (χ3n) is 3.58. The number of esters is 1. The summed E-state index contributed by atoms with van der Waals surface area (Å²) < 4.78 is 10.00. The standard InChI is InChI=1S/C17H12O6/c1-8(18)23-11-5-3-4-9-13(11)15(19)10-6-7-12(22-2)17(21)14(10)16(9)20/h3-7,21H,1-2H3. The van der Waals surface area contributed by atoms with E-state index in [1.165, 1.54) is 44.4 Å². The highest BCUT2D eigenvalue weighted by molar-refractivity contribution is 6.30. The van der Waals surface area contributed by atoms with Gasteiger partial charge in [-0.1, -0.05) is 12.1 Å². The van der Waals surface area contributed by atoms with Crippen molar-refractivity contribution in [3.05, 3.63) is 52.6 Å². The van der Waals surface area contributed by atoms with Crippen molar-refractivity contribution in [1.82, 2.24) is 0 Å². The first-order chi connectivity index (χ1) is 11.0. The van der Waals surface area contributed by atoms with Gasteiger partial charge in [0.25, 0.3) is 0 Å². The average molecular weight is 312 g/mol. The lowest BCUT2D eigenvalue weighted by atomic mass is 9.83. The fraction of sp³-hybridized carbons (Fsp3) is 0.118. The molecule has 0 saturated carbocycles. The second-order valence-electron chi connectivity index (χ2n) is 4.97. The van der Waals surface area contributed by atoms with Crippen LogP contribution in [-0.2, 0) is 4.79 Å². The van der Waals surface area contributed by atoms with Crippen molar-refractivity contribution in [2.75, 3.05) is 7.11 Å². The molecule has 1 aliphatic carbocycles. The largest absolute Gasteiger partial charge is 0.504 e. The van der Waals surface area contributed by atoms with Crippen molar-refractivity contribution in [1.29, 1.82) is 0 Å². The van der Waals surface area contributed by atoms with Gasteiger partial charge in [0.1, 0.15) is 5.75 Å². The molecule has 3 rings (SSSR count). The van der Waals surface area contributed by atoms with Gasteiger partial charge in [0, 0.05) is 18.1 Å². The van der Waals surface area contributed by atoms with Gasteiger partial charge >= 0.3 is 5.97 Å². The lowest BCUT2D eigenvalue weighted by Gasteiger charge is -2.21. The van der Waals surface area contributed by atoms with Gasteiger partial charge in [0.15, 0.2) is 23.1 Å². The topological polar surface area (TPSA) is 89.9 Å². The van der Waals surface area contributed by atoms with Crippen molar-refractivity contribution in [3.63, 3.8) is 0 Å². The molecule has 0 aliphatic heterocycles. The molecule has 2 aromatic carbocycles. The molecule has 0 radical (unpaired) electrons. The summed E-state index contributed by atoms with van der Waals surface area (Å²) in [5.41, 5.74) is 0.0248. The Morgan fingerprint density at radius 3 is 2.26 bits per heavy atom. The number of rotatable bonds is 2. The smallest absolute Gasteiger partial charge is 0.308 e. The molecule has 6 heteroatoms. The zero-order valence-corrected chi connectivity index (χ0v) is 12.4. The number of ketones is 2. The molecule has 0 bridgehead atoms. The van der Waals surface area contributed by atoms with Gasteiger partial charge in [-0.3, -0.25) is 14.4 Å². The Kier molecular flexibility index (Phi) is 3.37. The summed E-state index contributed by atoms with van der Waals surface area (Å²) in [5, 5.41) is 10.2. The van der Waals surface area contributed by atoms with Gasteiger partial charge < -0.3 is 14.6 Å². The number of methoxy groups -OCH3 is 1. The van der Waals surface area contributed by atoms with E-state index in [0.717, 1.165) is 0 Å². The number of ether oxygens (including phenoxy) is 2. The fourth-order valence-electron chi connectivity index (χ4n) is 2.62. The molecule has 1 aliphatic rings. The highest BCUT2D eigenvalue weighted by Gasteiger charge is 2.35. The van der Waals surface area contributed by atoms with Gasteiger partial charge in [-0.2, -0.15) is 0 Å². The van der Waals surface area contributed by atoms with Crippen LogP contribution in [-0.4, -0.2) is 29.8 Å². The van der Waals surface area contributed by atoms with Crippen LogP contribution in [0.3, 0.4) is 0 Å². The highest BCUT2D eigenvalue weighted by atomic mass is 16.5. The Morgan fingerprint density at radius 2 is 1.61 bits per heavy atom. The molecule has 0 fully saturated rings. The maximum absolute atomic E-state index is 12.7. The third kappa shape index (κ3) is 2.15. The van der Waals surface area contributed by atoms with E-state index in [4.69, 9.17) is 9.47 Å². The minimum atomic E-state index is -0.595. The monoisotopic (exact) mass is 312 g/mol. The minimum Gasteiger partial charge on any atom is -0.504 e. The van der Waals surface area contributed by atoms with Crippen LogP contribution in [0.5, 0.6) is 17.2 Å². The van der Waals surface area contributed by atoms with Crippen LogP contribution in [0.2, 0.25) is 0 Å². The summed E-state index contributed by atoms with van der Waals surface area (Å²) in [7, 11) is 1.35. The molecule has 0 heterocycles. The molecule has 0 spiro atoms. The molecule has 0 unspecified atom stereocenters. The Bertz CT molecular complexity index is 866. The molecular weight excluding hydrogens is 300 g/mol. The average Bonchev–Trinajstić information content (AvgIpc) is 2.51. The van der Waals surface area contributed by atoms with E-state index in [0.29, 0.717) is 0 Å². The zero-order chi connectivity index (χ0) is 16.7. The summed E-state index contributed by atoms with van der Waals surface area (Å²) >= 11 is 0. The van der Waals surface area contributed by atoms with Crippen LogP contribution in [0.1, 0.15) is 38.8 Å². The normalized spacial score (nSPS) is 12.4. The molecule has 116 valence electrons. The van der Waals surface area contributed by atoms with Crippen LogP contribution >= 0.6 is 0 Å². The summed E-state index contributed by atoms with van der Waals surface area (Å²) in [4.78, 5) is 36.6. The van der Waals surface area contributed by atoms with Crippen LogP contribution < -0.4 is 9.47 Å². The maximum atomic E-state index is 12.7. The number of hydrogen-bond acceptors (Lipinski definition) is 6. The Morgan fingerprint density at radius 1 is 0.957 bits per heavy atom. The first-order valence-electron chi connectivity index (χ1n) is 6.76. The van der Waals surface area contributed by atoms with E-state index >= 15 is 0 Å². The number of fused-ring (bicyclic) bond motifs is 2. The first kappa shape index (κ1) is 14.8. The number of carbonyl (C=O) groups excluding carboxylic acids is 3. The molecule has 0 saturated heterocycles. The van der Waals surface area contributed by atoms with Crippen LogP contribution in [0, 0.1) is 0 Å². The van der Waals surface area contributed by atoms with E-state index in [9.17, 15) is 19.5 Å². The van der Waals surface area contributed by atoms with Crippen LogP contribution in [0.15, 0.2) is 30.3 Å². The van der Waals surface area contributed by atoms with Gasteiger partial charge in [-0.15, -0.1) is 0 Å². The summed E-state index contributed by atoms with van der Waals surface area (Å²) in [6.07, 6.45) is 0. The highest BCUT2D eigenvalue weighted by Crippen LogP contribution is 2.40. The quantitative estimate of drug-likeness (QED) is 0.576. The SMILES string of the molecule is COc1ccc2c(c1O)C(=O)c1cccc(OC(C)=O)c1C2=O. The van der Waals surface area contributed by atoms with Crippen molar-refractivity contribution >= 4 is 17.5 Å². The fourth-order valence-corrected chi connectivity index (χ4v) is 2.62.